The van der Waals surface area contributed by atoms with Crippen LogP contribution in [0.5, 0.6) is 5.75 Å². The lowest BCUT2D eigenvalue weighted by Gasteiger charge is -2.01. The molecule has 0 heterocycles. The summed E-state index contributed by atoms with van der Waals surface area (Å²) in [5.41, 5.74) is -0.0448. The highest BCUT2D eigenvalue weighted by Crippen LogP contribution is 2.16. The Morgan fingerprint density at radius 1 is 1.13 bits per heavy atom. The van der Waals surface area contributed by atoms with Crippen LogP contribution in [0.2, 0.25) is 0 Å². The zero-order valence-corrected chi connectivity index (χ0v) is 7.66. The fourth-order valence-corrected chi connectivity index (χ4v) is 0.902. The summed E-state index contributed by atoms with van der Waals surface area (Å²) in [4.78, 5) is 19.2. The molecule has 0 aromatic heterocycles. The topological polar surface area (TPSA) is 95.5 Å². The fourth-order valence-electron chi connectivity index (χ4n) is 0.902. The van der Waals surface area contributed by atoms with Crippen molar-refractivity contribution in [3.05, 3.63) is 44.5 Å². The van der Waals surface area contributed by atoms with E-state index in [2.05, 4.69) is 0 Å². The maximum absolute atomic E-state index is 10.3. The molecule has 1 rings (SSSR count). The van der Waals surface area contributed by atoms with Crippen molar-refractivity contribution in [1.82, 2.24) is 0 Å². The van der Waals surface area contributed by atoms with Crippen molar-refractivity contribution in [3.8, 4) is 5.75 Å². The van der Waals surface area contributed by atoms with Crippen LogP contribution in [0.25, 0.3) is 0 Å². The van der Waals surface area contributed by atoms with Crippen LogP contribution < -0.4 is 4.74 Å². The molecule has 0 atom stereocenters. The first-order valence-corrected chi connectivity index (χ1v) is 4.08. The van der Waals surface area contributed by atoms with E-state index in [0.717, 1.165) is 0 Å². The summed E-state index contributed by atoms with van der Waals surface area (Å²) < 4.78 is 4.99. The van der Waals surface area contributed by atoms with Gasteiger partial charge in [-0.3, -0.25) is 20.2 Å². The first-order chi connectivity index (χ1) is 7.09. The van der Waals surface area contributed by atoms with E-state index in [-0.39, 0.29) is 18.8 Å². The van der Waals surface area contributed by atoms with Crippen LogP contribution in [0.3, 0.4) is 0 Å². The molecule has 0 saturated carbocycles. The first-order valence-electron chi connectivity index (χ1n) is 4.08. The van der Waals surface area contributed by atoms with Crippen molar-refractivity contribution in [2.24, 2.45) is 0 Å². The van der Waals surface area contributed by atoms with Gasteiger partial charge in [0, 0.05) is 17.1 Å². The van der Waals surface area contributed by atoms with Crippen LogP contribution in [0.1, 0.15) is 0 Å². The molecule has 0 aliphatic carbocycles. The third kappa shape index (κ3) is 3.59. The van der Waals surface area contributed by atoms with Crippen LogP contribution in [-0.2, 0) is 0 Å². The number of benzene rings is 1. The molecule has 80 valence electrons. The molecule has 0 aliphatic heterocycles. The molecule has 0 fully saturated rings. The predicted octanol–water partition coefficient (Wildman–Crippen LogP) is 1.25. The summed E-state index contributed by atoms with van der Waals surface area (Å²) >= 11 is 0. The third-order valence-electron chi connectivity index (χ3n) is 1.59. The van der Waals surface area contributed by atoms with E-state index >= 15 is 0 Å². The molecule has 1 aromatic rings. The Morgan fingerprint density at radius 2 is 1.73 bits per heavy atom. The molecule has 0 N–H and O–H groups in total. The Labute approximate surface area is 84.6 Å². The van der Waals surface area contributed by atoms with E-state index in [0.29, 0.717) is 5.75 Å². The van der Waals surface area contributed by atoms with Crippen molar-refractivity contribution in [2.45, 2.75) is 0 Å². The lowest BCUT2D eigenvalue weighted by molar-refractivity contribution is -0.481. The van der Waals surface area contributed by atoms with Gasteiger partial charge in [0.25, 0.3) is 5.69 Å². The van der Waals surface area contributed by atoms with E-state index in [9.17, 15) is 20.2 Å². The first kappa shape index (κ1) is 10.9. The van der Waals surface area contributed by atoms with Gasteiger partial charge in [0.05, 0.1) is 4.92 Å². The van der Waals surface area contributed by atoms with E-state index in [1.165, 1.54) is 24.3 Å². The summed E-state index contributed by atoms with van der Waals surface area (Å²) in [7, 11) is 0. The van der Waals surface area contributed by atoms with Crippen molar-refractivity contribution < 1.29 is 14.6 Å². The van der Waals surface area contributed by atoms with E-state index in [1.807, 2.05) is 0 Å². The minimum absolute atomic E-state index is 0.0448. The lowest BCUT2D eigenvalue weighted by Crippen LogP contribution is -2.10. The van der Waals surface area contributed by atoms with Crippen LogP contribution in [-0.4, -0.2) is 23.0 Å². The van der Waals surface area contributed by atoms with Gasteiger partial charge in [-0.15, -0.1) is 0 Å². The molecule has 7 nitrogen and oxygen atoms in total. The average Bonchev–Trinajstić information content (AvgIpc) is 2.18. The van der Waals surface area contributed by atoms with Gasteiger partial charge in [-0.25, -0.2) is 0 Å². The molecule has 0 radical (unpaired) electrons. The Balaban J connectivity index is 2.50. The molecule has 1 aromatic carbocycles. The van der Waals surface area contributed by atoms with Gasteiger partial charge in [0.1, 0.15) is 5.75 Å². The van der Waals surface area contributed by atoms with Gasteiger partial charge in [0.15, 0.2) is 6.61 Å². The molecule has 0 bridgehead atoms. The monoisotopic (exact) mass is 212 g/mol. The summed E-state index contributed by atoms with van der Waals surface area (Å²) in [6.45, 7) is -0.345. The number of non-ortho nitro benzene ring substituents is 1. The van der Waals surface area contributed by atoms with Crippen molar-refractivity contribution in [3.63, 3.8) is 0 Å². The van der Waals surface area contributed by atoms with Gasteiger partial charge in [0.2, 0.25) is 6.54 Å². The Bertz CT molecular complexity index is 362. The molecular weight excluding hydrogens is 204 g/mol. The second-order valence-electron chi connectivity index (χ2n) is 2.66. The summed E-state index contributed by atoms with van der Waals surface area (Å²) in [6, 6.07) is 5.36. The van der Waals surface area contributed by atoms with Crippen LogP contribution in [0.4, 0.5) is 5.69 Å². The number of hydrogen-bond acceptors (Lipinski definition) is 5. The fraction of sp³-hybridized carbons (Fsp3) is 0.250. The third-order valence-corrected chi connectivity index (χ3v) is 1.59. The zero-order valence-electron chi connectivity index (χ0n) is 7.66. The molecule has 0 spiro atoms. The van der Waals surface area contributed by atoms with Gasteiger partial charge < -0.3 is 4.74 Å². The predicted molar refractivity (Wildman–Crippen MR) is 50.5 cm³/mol. The normalized spacial score (nSPS) is 9.60. The largest absolute Gasteiger partial charge is 0.487 e. The highest BCUT2D eigenvalue weighted by atomic mass is 16.6. The smallest absolute Gasteiger partial charge is 0.269 e. The van der Waals surface area contributed by atoms with Gasteiger partial charge in [-0.1, -0.05) is 0 Å². The quantitative estimate of drug-likeness (QED) is 0.540. The highest BCUT2D eigenvalue weighted by molar-refractivity contribution is 5.35. The minimum Gasteiger partial charge on any atom is -0.487 e. The molecule has 0 saturated heterocycles. The van der Waals surface area contributed by atoms with Crippen LogP contribution in [0, 0.1) is 20.2 Å². The Kier molecular flexibility index (Phi) is 3.55. The number of nitrogens with zero attached hydrogens (tertiary/aromatic N) is 2. The van der Waals surface area contributed by atoms with Gasteiger partial charge >= 0.3 is 0 Å². The molecule has 0 amide bonds. The van der Waals surface area contributed by atoms with E-state index in [4.69, 9.17) is 4.74 Å². The Morgan fingerprint density at radius 3 is 2.20 bits per heavy atom. The zero-order chi connectivity index (χ0) is 11.3. The molecule has 7 heteroatoms. The molecule has 0 unspecified atom stereocenters. The number of hydrogen-bond donors (Lipinski definition) is 0. The summed E-state index contributed by atoms with van der Waals surface area (Å²) in [6.07, 6.45) is 0. The highest BCUT2D eigenvalue weighted by Gasteiger charge is 2.04. The average molecular weight is 212 g/mol. The number of nitro groups is 2. The van der Waals surface area contributed by atoms with Crippen LogP contribution in [0.15, 0.2) is 24.3 Å². The molecular formula is C8H8N2O5. The van der Waals surface area contributed by atoms with E-state index in [1.54, 1.807) is 0 Å². The van der Waals surface area contributed by atoms with Crippen LogP contribution >= 0.6 is 0 Å². The lowest BCUT2D eigenvalue weighted by atomic mass is 10.3. The second kappa shape index (κ2) is 4.89. The number of ether oxygens (including phenoxy) is 1. The Hall–Kier alpha value is -2.18. The van der Waals surface area contributed by atoms with Gasteiger partial charge in [-0.05, 0) is 12.1 Å². The standard InChI is InChI=1S/C8H8N2O5/c11-9(12)5-6-15-8-3-1-7(2-4-8)10(13)14/h1-4H,5-6H2. The van der Waals surface area contributed by atoms with Gasteiger partial charge in [-0.2, -0.15) is 0 Å². The maximum Gasteiger partial charge on any atom is 0.269 e. The second-order valence-corrected chi connectivity index (χ2v) is 2.66. The van der Waals surface area contributed by atoms with Crippen molar-refractivity contribution >= 4 is 5.69 Å². The van der Waals surface area contributed by atoms with Crippen molar-refractivity contribution in [1.29, 1.82) is 0 Å². The number of rotatable bonds is 5. The molecule has 0 aliphatic rings. The number of nitro benzene ring substituents is 1. The summed E-state index contributed by atoms with van der Waals surface area (Å²) in [5.74, 6) is 0.377. The SMILES string of the molecule is O=[N+]([O-])CCOc1ccc([N+](=O)[O-])cc1. The summed E-state index contributed by atoms with van der Waals surface area (Å²) in [5, 5.41) is 20.3. The minimum atomic E-state index is -0.527. The van der Waals surface area contributed by atoms with Crippen molar-refractivity contribution in [2.75, 3.05) is 13.2 Å². The maximum atomic E-state index is 10.3. The molecule has 15 heavy (non-hydrogen) atoms. The van der Waals surface area contributed by atoms with E-state index < -0.39 is 9.85 Å².